The first-order valence-electron chi connectivity index (χ1n) is 14.0. The van der Waals surface area contributed by atoms with E-state index in [-0.39, 0.29) is 5.97 Å². The molecule has 9 nitrogen and oxygen atoms in total. The summed E-state index contributed by atoms with van der Waals surface area (Å²) in [6.45, 7) is 8.43. The molecule has 9 heteroatoms. The van der Waals surface area contributed by atoms with Crippen molar-refractivity contribution in [2.24, 2.45) is 0 Å². The van der Waals surface area contributed by atoms with Gasteiger partial charge in [-0.15, -0.1) is 0 Å². The number of fused-ring (bicyclic) bond motifs is 2. The molecule has 42 heavy (non-hydrogen) atoms. The molecule has 0 spiro atoms. The molecule has 1 aliphatic heterocycles. The van der Waals surface area contributed by atoms with Gasteiger partial charge >= 0.3 is 5.97 Å². The van der Waals surface area contributed by atoms with Crippen LogP contribution in [0.15, 0.2) is 66.9 Å². The minimum atomic E-state index is -0.576. The fourth-order valence-electron chi connectivity index (χ4n) is 5.04. The minimum Gasteiger partial charge on any atom is -0.494 e. The molecule has 2 aromatic carbocycles. The average molecular weight is 564 g/mol. The van der Waals surface area contributed by atoms with Crippen molar-refractivity contribution in [3.05, 3.63) is 83.8 Å². The van der Waals surface area contributed by atoms with E-state index in [1.54, 1.807) is 25.4 Å². The number of anilines is 1. The fourth-order valence-corrected chi connectivity index (χ4v) is 5.04. The first-order chi connectivity index (χ1) is 20.3. The molecule has 0 N–H and O–H groups in total. The second-order valence-corrected chi connectivity index (χ2v) is 11.1. The highest BCUT2D eigenvalue weighted by atomic mass is 16.6. The number of morpholine rings is 1. The van der Waals surface area contributed by atoms with Crippen molar-refractivity contribution >= 4 is 40.4 Å². The van der Waals surface area contributed by atoms with Crippen molar-refractivity contribution in [2.45, 2.75) is 26.4 Å². The van der Waals surface area contributed by atoms with Crippen molar-refractivity contribution in [3.63, 3.8) is 0 Å². The molecule has 1 fully saturated rings. The van der Waals surface area contributed by atoms with E-state index >= 15 is 0 Å². The van der Waals surface area contributed by atoms with Crippen molar-refractivity contribution in [1.82, 2.24) is 19.6 Å². The summed E-state index contributed by atoms with van der Waals surface area (Å²) in [5.74, 6) is 0.304. The van der Waals surface area contributed by atoms with E-state index in [9.17, 15) is 4.79 Å². The monoisotopic (exact) mass is 563 g/mol. The second-order valence-electron chi connectivity index (χ2n) is 11.1. The Kier molecular flexibility index (Phi) is 7.34. The zero-order valence-electron chi connectivity index (χ0n) is 24.2. The van der Waals surface area contributed by atoms with Crippen LogP contribution in [0.1, 0.15) is 42.5 Å². The molecule has 0 unspecified atom stereocenters. The number of para-hydroxylation sites is 1. The smallest absolute Gasteiger partial charge is 0.338 e. The van der Waals surface area contributed by atoms with Gasteiger partial charge in [-0.1, -0.05) is 30.3 Å². The van der Waals surface area contributed by atoms with Gasteiger partial charge in [-0.05, 0) is 63.3 Å². The molecule has 3 aromatic heterocycles. The lowest BCUT2D eigenvalue weighted by atomic mass is 10.1. The zero-order chi connectivity index (χ0) is 29.3. The number of esters is 1. The lowest BCUT2D eigenvalue weighted by molar-refractivity contribution is 0.00695. The van der Waals surface area contributed by atoms with Gasteiger partial charge < -0.3 is 19.1 Å². The van der Waals surface area contributed by atoms with E-state index < -0.39 is 5.60 Å². The number of hydrogen-bond acceptors (Lipinski definition) is 8. The molecule has 6 rings (SSSR count). The lowest BCUT2D eigenvalue weighted by Crippen LogP contribution is -2.36. The van der Waals surface area contributed by atoms with Gasteiger partial charge in [0.2, 0.25) is 0 Å². The number of rotatable bonds is 6. The summed E-state index contributed by atoms with van der Waals surface area (Å²) in [5.41, 5.74) is 5.57. The van der Waals surface area contributed by atoms with Crippen LogP contribution in [-0.2, 0) is 9.47 Å². The van der Waals surface area contributed by atoms with Crippen LogP contribution >= 0.6 is 0 Å². The van der Waals surface area contributed by atoms with Gasteiger partial charge in [0.15, 0.2) is 5.65 Å². The summed E-state index contributed by atoms with van der Waals surface area (Å²) in [7, 11) is 1.64. The number of imidazole rings is 1. The number of methoxy groups -OCH3 is 1. The molecule has 0 atom stereocenters. The van der Waals surface area contributed by atoms with Crippen molar-refractivity contribution in [3.8, 4) is 17.0 Å². The topological polar surface area (TPSA) is 91.1 Å². The molecule has 0 saturated carbocycles. The highest BCUT2D eigenvalue weighted by Gasteiger charge is 2.22. The summed E-state index contributed by atoms with van der Waals surface area (Å²) in [6, 6.07) is 19.3. The average Bonchev–Trinajstić information content (AvgIpc) is 3.37. The number of carbonyl (C=O) groups excluding carboxylic acids is 1. The summed E-state index contributed by atoms with van der Waals surface area (Å²) >= 11 is 0. The van der Waals surface area contributed by atoms with Crippen LogP contribution in [0, 0.1) is 0 Å². The third-order valence-corrected chi connectivity index (χ3v) is 7.01. The Morgan fingerprint density at radius 2 is 1.69 bits per heavy atom. The van der Waals surface area contributed by atoms with Crippen molar-refractivity contribution in [2.75, 3.05) is 38.3 Å². The van der Waals surface area contributed by atoms with Crippen LogP contribution in [0.5, 0.6) is 5.75 Å². The summed E-state index contributed by atoms with van der Waals surface area (Å²) < 4.78 is 18.7. The Hall–Kier alpha value is -4.76. The number of hydrogen-bond donors (Lipinski definition) is 0. The third kappa shape index (κ3) is 5.56. The maximum absolute atomic E-state index is 12.7. The number of benzene rings is 2. The maximum atomic E-state index is 12.7. The van der Waals surface area contributed by atoms with Gasteiger partial charge in [-0.3, -0.25) is 0 Å². The van der Waals surface area contributed by atoms with Crippen LogP contribution in [0.3, 0.4) is 0 Å². The Bertz CT molecular complexity index is 1780. The third-order valence-electron chi connectivity index (χ3n) is 7.01. The SMILES string of the molecule is COc1cc2ccccc2nc1/C=C/c1nc2c(N3CCOCC3)ccnn2c1-c1ccc(C(=O)OC(C)(C)C)cc1. The predicted octanol–water partition coefficient (Wildman–Crippen LogP) is 5.92. The quantitative estimate of drug-likeness (QED) is 0.235. The van der Waals surface area contributed by atoms with Gasteiger partial charge in [0.25, 0.3) is 0 Å². The maximum Gasteiger partial charge on any atom is 0.338 e. The Balaban J connectivity index is 1.46. The number of ether oxygens (including phenoxy) is 3. The van der Waals surface area contributed by atoms with Gasteiger partial charge in [-0.25, -0.2) is 19.3 Å². The van der Waals surface area contributed by atoms with Crippen LogP contribution in [0.2, 0.25) is 0 Å². The molecule has 1 aliphatic rings. The zero-order valence-corrected chi connectivity index (χ0v) is 24.2. The van der Waals surface area contributed by atoms with Crippen LogP contribution < -0.4 is 9.64 Å². The molecule has 214 valence electrons. The normalized spacial score (nSPS) is 14.1. The Morgan fingerprint density at radius 3 is 2.43 bits per heavy atom. The van der Waals surface area contributed by atoms with E-state index in [1.807, 2.05) is 86.0 Å². The van der Waals surface area contributed by atoms with Gasteiger partial charge in [0.1, 0.15) is 22.7 Å². The van der Waals surface area contributed by atoms with E-state index in [4.69, 9.17) is 29.3 Å². The predicted molar refractivity (Wildman–Crippen MR) is 164 cm³/mol. The standard InChI is InChI=1S/C33H33N5O4/c1-33(2,3)42-32(39)23-11-9-22(10-12-23)30-27(14-13-26-29(40-4)21-24-7-5-6-8-25(24)35-26)36-31-28(15-16-34-38(30)31)37-17-19-41-20-18-37/h5-16,21H,17-20H2,1-4H3/b14-13+. The molecular formula is C33H33N5O4. The Morgan fingerprint density at radius 1 is 0.952 bits per heavy atom. The molecule has 1 saturated heterocycles. The van der Waals surface area contributed by atoms with Crippen LogP contribution in [0.4, 0.5) is 5.69 Å². The first kappa shape index (κ1) is 27.4. The largest absolute Gasteiger partial charge is 0.494 e. The molecule has 0 radical (unpaired) electrons. The molecule has 0 aliphatic carbocycles. The molecule has 5 aromatic rings. The number of aromatic nitrogens is 4. The first-order valence-corrected chi connectivity index (χ1v) is 14.0. The van der Waals surface area contributed by atoms with Crippen molar-refractivity contribution in [1.29, 1.82) is 0 Å². The lowest BCUT2D eigenvalue weighted by Gasteiger charge is -2.28. The number of carbonyl (C=O) groups is 1. The highest BCUT2D eigenvalue weighted by molar-refractivity contribution is 5.91. The van der Waals surface area contributed by atoms with Crippen molar-refractivity contribution < 1.29 is 19.0 Å². The molecule has 0 amide bonds. The minimum absolute atomic E-state index is 0.366. The van der Waals surface area contributed by atoms with E-state index in [2.05, 4.69) is 4.90 Å². The Labute approximate surface area is 244 Å². The van der Waals surface area contributed by atoms with E-state index in [1.165, 1.54) is 0 Å². The second kappa shape index (κ2) is 11.3. The van der Waals surface area contributed by atoms with Gasteiger partial charge in [0.05, 0.1) is 49.0 Å². The molecule has 4 heterocycles. The molecule has 0 bridgehead atoms. The van der Waals surface area contributed by atoms with Gasteiger partial charge in [-0.2, -0.15) is 5.10 Å². The fraction of sp³-hybridized carbons (Fsp3) is 0.273. The van der Waals surface area contributed by atoms with E-state index in [0.717, 1.165) is 46.6 Å². The van der Waals surface area contributed by atoms with Gasteiger partial charge in [0, 0.05) is 24.0 Å². The van der Waals surface area contributed by atoms with Crippen LogP contribution in [0.25, 0.3) is 40.0 Å². The number of pyridine rings is 1. The summed E-state index contributed by atoms with van der Waals surface area (Å²) in [6.07, 6.45) is 5.65. The van der Waals surface area contributed by atoms with Crippen LogP contribution in [-0.4, -0.2) is 64.6 Å². The summed E-state index contributed by atoms with van der Waals surface area (Å²) in [5, 5.41) is 5.70. The highest BCUT2D eigenvalue weighted by Crippen LogP contribution is 2.32. The van der Waals surface area contributed by atoms with E-state index in [0.29, 0.717) is 35.9 Å². The molecular weight excluding hydrogens is 530 g/mol. The number of nitrogens with zero attached hydrogens (tertiary/aromatic N) is 5. The summed E-state index contributed by atoms with van der Waals surface area (Å²) in [4.78, 5) is 24.8.